The molecule has 1 amide bonds. The van der Waals surface area contributed by atoms with Gasteiger partial charge in [-0.1, -0.05) is 250 Å². The third-order valence-electron chi connectivity index (χ3n) is 11.2. The Kier molecular flexibility index (Phi) is 50.9. The van der Waals surface area contributed by atoms with E-state index in [0.29, 0.717) is 12.8 Å². The number of carbonyl (C=O) groups is 1. The molecule has 0 aromatic rings. The molecule has 0 rings (SSSR count). The number of carbonyl (C=O) groups excluding carboxylic acids is 1. The molecule has 2 unspecified atom stereocenters. The number of amides is 1. The molecule has 0 heterocycles. The minimum Gasteiger partial charge on any atom is -0.394 e. The molecule has 0 saturated carbocycles. The molecule has 0 aliphatic carbocycles. The number of hydrogen-bond acceptors (Lipinski definition) is 3. The van der Waals surface area contributed by atoms with E-state index in [0.717, 1.165) is 109 Å². The van der Waals surface area contributed by atoms with Gasteiger partial charge in [0.15, 0.2) is 0 Å². The number of unbranched alkanes of at least 4 members (excludes halogenated alkanes) is 17. The van der Waals surface area contributed by atoms with Crippen molar-refractivity contribution in [2.45, 2.75) is 231 Å². The minimum absolute atomic E-state index is 0.0497. The van der Waals surface area contributed by atoms with Crippen molar-refractivity contribution in [1.29, 1.82) is 0 Å². The highest BCUT2D eigenvalue weighted by molar-refractivity contribution is 5.76. The molecule has 0 aliphatic heterocycles. The van der Waals surface area contributed by atoms with Crippen LogP contribution in [0.1, 0.15) is 219 Å². The molecular weight excluding hydrogens is 783 g/mol. The standard InChI is InChI=1S/C60H99NO3/c1-3-5-7-9-11-13-15-16-17-18-19-20-21-22-23-24-25-26-27-28-29-30-31-32-33-34-35-36-37-38-39-40-41-42-43-44-46-48-50-52-54-56-60(64)61-58(57-62)59(63)55-53-51-49-47-45-14-12-10-8-6-4-2/h5,7,11,13,16-17,19-20,22-23,25-26,28-29,31-32,34-35,37-38,40-41,58-59,62-63H,3-4,6,8-10,12,14-15,18,21,24,27,30,33,36,39,42-57H2,1-2H3,(H,61,64)/b7-5-,13-11-,17-16-,20-19-,23-22-,26-25-,29-28-,32-31-,35-34-,38-37-,41-40-. The molecule has 0 fully saturated rings. The number of nitrogens with one attached hydrogen (secondary N) is 1. The van der Waals surface area contributed by atoms with Crippen LogP contribution in [0.5, 0.6) is 0 Å². The zero-order valence-corrected chi connectivity index (χ0v) is 41.5. The molecular formula is C60H99NO3. The van der Waals surface area contributed by atoms with Crippen molar-refractivity contribution in [2.24, 2.45) is 0 Å². The normalized spacial score (nSPS) is 14.0. The Hall–Kier alpha value is -3.47. The lowest BCUT2D eigenvalue weighted by Crippen LogP contribution is -2.45. The lowest BCUT2D eigenvalue weighted by Gasteiger charge is -2.22. The van der Waals surface area contributed by atoms with Crippen molar-refractivity contribution in [1.82, 2.24) is 5.32 Å². The Morgan fingerprint density at radius 3 is 1.03 bits per heavy atom. The quantitative estimate of drug-likeness (QED) is 0.0421. The summed E-state index contributed by atoms with van der Waals surface area (Å²) >= 11 is 0. The van der Waals surface area contributed by atoms with Gasteiger partial charge in [-0.3, -0.25) is 4.79 Å². The van der Waals surface area contributed by atoms with Crippen molar-refractivity contribution < 1.29 is 15.0 Å². The van der Waals surface area contributed by atoms with Gasteiger partial charge in [0.05, 0.1) is 18.8 Å². The van der Waals surface area contributed by atoms with Gasteiger partial charge in [-0.05, 0) is 96.3 Å². The zero-order chi connectivity index (χ0) is 46.3. The first-order valence-electron chi connectivity index (χ1n) is 26.4. The van der Waals surface area contributed by atoms with Crippen molar-refractivity contribution in [3.05, 3.63) is 134 Å². The zero-order valence-electron chi connectivity index (χ0n) is 41.5. The second-order valence-corrected chi connectivity index (χ2v) is 17.2. The summed E-state index contributed by atoms with van der Waals surface area (Å²) in [6.45, 7) is 4.22. The maximum atomic E-state index is 12.4. The summed E-state index contributed by atoms with van der Waals surface area (Å²) in [6.07, 6.45) is 84.2. The van der Waals surface area contributed by atoms with Crippen LogP contribution in [0.4, 0.5) is 0 Å². The van der Waals surface area contributed by atoms with Gasteiger partial charge >= 0.3 is 0 Å². The summed E-state index contributed by atoms with van der Waals surface area (Å²) in [5.41, 5.74) is 0. The predicted octanol–water partition coefficient (Wildman–Crippen LogP) is 17.5. The number of rotatable bonds is 46. The van der Waals surface area contributed by atoms with Gasteiger partial charge in [0.1, 0.15) is 0 Å². The van der Waals surface area contributed by atoms with Crippen LogP contribution >= 0.6 is 0 Å². The van der Waals surface area contributed by atoms with Gasteiger partial charge in [-0.15, -0.1) is 0 Å². The summed E-state index contributed by atoms with van der Waals surface area (Å²) in [5.74, 6) is -0.0497. The topological polar surface area (TPSA) is 69.6 Å². The first-order valence-corrected chi connectivity index (χ1v) is 26.4. The lowest BCUT2D eigenvalue weighted by atomic mass is 10.0. The molecule has 4 heteroatoms. The number of allylic oxidation sites excluding steroid dienone is 22. The van der Waals surface area contributed by atoms with Crippen LogP contribution < -0.4 is 5.32 Å². The van der Waals surface area contributed by atoms with E-state index in [-0.39, 0.29) is 12.5 Å². The summed E-state index contributed by atoms with van der Waals surface area (Å²) in [5, 5.41) is 23.1. The Morgan fingerprint density at radius 2 is 0.688 bits per heavy atom. The van der Waals surface area contributed by atoms with Crippen LogP contribution in [-0.2, 0) is 4.79 Å². The van der Waals surface area contributed by atoms with E-state index in [1.807, 2.05) is 0 Å². The van der Waals surface area contributed by atoms with Crippen molar-refractivity contribution in [3.63, 3.8) is 0 Å². The number of hydrogen-bond donors (Lipinski definition) is 3. The second-order valence-electron chi connectivity index (χ2n) is 17.2. The van der Waals surface area contributed by atoms with Crippen LogP contribution in [0, 0.1) is 0 Å². The minimum atomic E-state index is -0.671. The van der Waals surface area contributed by atoms with Crippen molar-refractivity contribution >= 4 is 5.91 Å². The Bertz CT molecular complexity index is 1320. The molecule has 64 heavy (non-hydrogen) atoms. The first-order chi connectivity index (χ1) is 31.7. The van der Waals surface area contributed by atoms with E-state index in [9.17, 15) is 15.0 Å². The van der Waals surface area contributed by atoms with Crippen molar-refractivity contribution in [3.8, 4) is 0 Å². The van der Waals surface area contributed by atoms with Gasteiger partial charge in [0.25, 0.3) is 0 Å². The van der Waals surface area contributed by atoms with Crippen molar-refractivity contribution in [2.75, 3.05) is 6.61 Å². The molecule has 0 radical (unpaired) electrons. The highest BCUT2D eigenvalue weighted by Gasteiger charge is 2.20. The molecule has 3 N–H and O–H groups in total. The van der Waals surface area contributed by atoms with E-state index < -0.39 is 12.1 Å². The van der Waals surface area contributed by atoms with Crippen LogP contribution in [0.25, 0.3) is 0 Å². The third kappa shape index (κ3) is 49.5. The van der Waals surface area contributed by atoms with Crippen LogP contribution in [0.15, 0.2) is 134 Å². The fraction of sp³-hybridized carbons (Fsp3) is 0.617. The highest BCUT2D eigenvalue weighted by Crippen LogP contribution is 2.14. The van der Waals surface area contributed by atoms with E-state index in [2.05, 4.69) is 153 Å². The molecule has 2 atom stereocenters. The summed E-state index contributed by atoms with van der Waals surface area (Å²) in [6, 6.07) is -0.550. The molecule has 0 saturated heterocycles. The van der Waals surface area contributed by atoms with E-state index in [1.54, 1.807) is 0 Å². The molecule has 0 aromatic heterocycles. The highest BCUT2D eigenvalue weighted by atomic mass is 16.3. The van der Waals surface area contributed by atoms with Gasteiger partial charge in [-0.2, -0.15) is 0 Å². The largest absolute Gasteiger partial charge is 0.394 e. The number of aliphatic hydroxyl groups is 2. The van der Waals surface area contributed by atoms with E-state index in [4.69, 9.17) is 0 Å². The molecule has 0 spiro atoms. The Labute approximate surface area is 396 Å². The summed E-state index contributed by atoms with van der Waals surface area (Å²) in [7, 11) is 0. The SMILES string of the molecule is CC/C=C\C/C=C\C/C=C\C/C=C\C/C=C\C/C=C\C/C=C\C/C=C\C/C=C\C/C=C\C/C=C\CCCCCCCCCC(=O)NC(CO)C(O)CCCCCCCCCCCCC. The smallest absolute Gasteiger partial charge is 0.220 e. The molecule has 4 nitrogen and oxygen atoms in total. The van der Waals surface area contributed by atoms with E-state index in [1.165, 1.54) is 83.5 Å². The van der Waals surface area contributed by atoms with E-state index >= 15 is 0 Å². The molecule has 0 aromatic carbocycles. The third-order valence-corrected chi connectivity index (χ3v) is 11.2. The molecule has 0 bridgehead atoms. The second kappa shape index (κ2) is 53.9. The monoisotopic (exact) mass is 882 g/mol. The number of aliphatic hydroxyl groups excluding tert-OH is 2. The maximum Gasteiger partial charge on any atom is 0.220 e. The molecule has 362 valence electrons. The van der Waals surface area contributed by atoms with Gasteiger partial charge < -0.3 is 15.5 Å². The van der Waals surface area contributed by atoms with Gasteiger partial charge in [0.2, 0.25) is 5.91 Å². The van der Waals surface area contributed by atoms with Crippen LogP contribution in [0.2, 0.25) is 0 Å². The summed E-state index contributed by atoms with van der Waals surface area (Å²) < 4.78 is 0. The average Bonchev–Trinajstić information content (AvgIpc) is 3.30. The predicted molar refractivity (Wildman–Crippen MR) is 285 cm³/mol. The van der Waals surface area contributed by atoms with Crippen LogP contribution in [-0.4, -0.2) is 34.9 Å². The average molecular weight is 882 g/mol. The van der Waals surface area contributed by atoms with Gasteiger partial charge in [0, 0.05) is 6.42 Å². The Balaban J connectivity index is 3.64. The first kappa shape index (κ1) is 60.5. The van der Waals surface area contributed by atoms with Gasteiger partial charge in [-0.25, -0.2) is 0 Å². The Morgan fingerprint density at radius 1 is 0.391 bits per heavy atom. The molecule has 0 aliphatic rings. The maximum absolute atomic E-state index is 12.4. The lowest BCUT2D eigenvalue weighted by molar-refractivity contribution is -0.123. The fourth-order valence-corrected chi connectivity index (χ4v) is 7.19. The van der Waals surface area contributed by atoms with Crippen LogP contribution in [0.3, 0.4) is 0 Å². The summed E-state index contributed by atoms with van der Waals surface area (Å²) in [4.78, 5) is 12.4. The fourth-order valence-electron chi connectivity index (χ4n) is 7.19.